The van der Waals surface area contributed by atoms with Crippen molar-refractivity contribution in [2.24, 2.45) is 0 Å². The van der Waals surface area contributed by atoms with Crippen LogP contribution in [-0.2, 0) is 23.8 Å². The van der Waals surface area contributed by atoms with E-state index in [2.05, 4.69) is 44.3 Å². The van der Waals surface area contributed by atoms with Gasteiger partial charge in [-0.25, -0.2) is 0 Å². The molecule has 1 aliphatic heterocycles. The predicted molar refractivity (Wildman–Crippen MR) is 324 cm³/mol. The van der Waals surface area contributed by atoms with Gasteiger partial charge < -0.3 is 45.1 Å². The highest BCUT2D eigenvalue weighted by atomic mass is 16.7. The number of ether oxygens (including phenoxy) is 3. The summed E-state index contributed by atoms with van der Waals surface area (Å²) in [5, 5.41) is 56.9. The highest BCUT2D eigenvalue weighted by molar-refractivity contribution is 5.80. The Hall–Kier alpha value is -2.90. The number of unbranched alkanes of at least 4 members (excludes halogenated alkanes) is 33. The fourth-order valence-corrected chi connectivity index (χ4v) is 9.83. The Bertz CT molecular complexity index is 1540. The van der Waals surface area contributed by atoms with Gasteiger partial charge in [-0.15, -0.1) is 0 Å². The van der Waals surface area contributed by atoms with Gasteiger partial charge in [-0.1, -0.05) is 273 Å². The standard InChI is InChI=1S/C67H119NO10/c1-4-7-10-13-16-19-22-25-26-27-28-29-30-31-32-33-34-35-36-37-40-43-46-49-52-55-62(72)78-65-64(74)63(73)61(56-69)77-67(65)76-57-58(59(70)53-50-47-44-41-38-23-20-17-14-11-8-5-2)68-66(75)60(71)54-51-48-45-42-39-24-21-18-15-12-9-6-3/h9,12,15,18,21,24-26,39,42,50,53,58-61,63-65,67,69-71,73-74H,4-8,10-11,13-14,16-17,19-20,22-23,27-38,40-41,43-49,51-52,54-57H2,1-3H3,(H,68,75)/b12-9+,18-15+,24-21-,26-25+,42-39-,53-50+. The summed E-state index contributed by atoms with van der Waals surface area (Å²) in [5.41, 5.74) is 0. The zero-order valence-electron chi connectivity index (χ0n) is 50.0. The largest absolute Gasteiger partial charge is 0.454 e. The molecule has 1 aliphatic rings. The Morgan fingerprint density at radius 1 is 0.513 bits per heavy atom. The Kier molecular flexibility index (Phi) is 51.3. The summed E-state index contributed by atoms with van der Waals surface area (Å²) in [7, 11) is 0. The molecule has 0 aromatic heterocycles. The molecule has 0 radical (unpaired) electrons. The Balaban J connectivity index is 2.58. The molecule has 0 bridgehead atoms. The van der Waals surface area contributed by atoms with Gasteiger partial charge in [0.2, 0.25) is 5.91 Å². The van der Waals surface area contributed by atoms with Crippen molar-refractivity contribution < 1.29 is 49.3 Å². The van der Waals surface area contributed by atoms with E-state index in [1.54, 1.807) is 6.08 Å². The second-order valence-corrected chi connectivity index (χ2v) is 22.2. The van der Waals surface area contributed by atoms with Crippen LogP contribution in [0.4, 0.5) is 0 Å². The topological polar surface area (TPSA) is 175 Å². The second-order valence-electron chi connectivity index (χ2n) is 22.2. The highest BCUT2D eigenvalue weighted by Gasteiger charge is 2.47. The Labute approximate surface area is 477 Å². The third-order valence-corrected chi connectivity index (χ3v) is 14.9. The third-order valence-electron chi connectivity index (χ3n) is 14.9. The summed E-state index contributed by atoms with van der Waals surface area (Å²) >= 11 is 0. The van der Waals surface area contributed by atoms with E-state index in [-0.39, 0.29) is 19.4 Å². The van der Waals surface area contributed by atoms with Gasteiger partial charge in [0.15, 0.2) is 12.4 Å². The molecule has 1 fully saturated rings. The van der Waals surface area contributed by atoms with E-state index < -0.39 is 67.4 Å². The maximum Gasteiger partial charge on any atom is 0.306 e. The summed E-state index contributed by atoms with van der Waals surface area (Å²) in [6, 6.07) is -1.05. The van der Waals surface area contributed by atoms with E-state index in [1.165, 1.54) is 167 Å². The minimum Gasteiger partial charge on any atom is -0.454 e. The lowest BCUT2D eigenvalue weighted by molar-refractivity contribution is -0.305. The van der Waals surface area contributed by atoms with E-state index >= 15 is 0 Å². The molecule has 0 saturated carbocycles. The van der Waals surface area contributed by atoms with Crippen molar-refractivity contribution in [2.75, 3.05) is 13.2 Å². The van der Waals surface area contributed by atoms with Crippen molar-refractivity contribution in [3.05, 3.63) is 72.9 Å². The lowest BCUT2D eigenvalue weighted by atomic mass is 9.99. The molecular weight excluding hydrogens is 979 g/mol. The molecule has 1 heterocycles. The molecule has 8 unspecified atom stereocenters. The van der Waals surface area contributed by atoms with Crippen LogP contribution >= 0.6 is 0 Å². The molecule has 452 valence electrons. The predicted octanol–water partition coefficient (Wildman–Crippen LogP) is 15.6. The number of nitrogens with one attached hydrogen (secondary N) is 1. The van der Waals surface area contributed by atoms with Crippen LogP contribution < -0.4 is 5.32 Å². The minimum atomic E-state index is -1.62. The average Bonchev–Trinajstić information content (AvgIpc) is 3.45. The van der Waals surface area contributed by atoms with Crippen LogP contribution in [0.1, 0.15) is 278 Å². The van der Waals surface area contributed by atoms with Crippen molar-refractivity contribution >= 4 is 11.9 Å². The van der Waals surface area contributed by atoms with Gasteiger partial charge in [-0.2, -0.15) is 0 Å². The summed E-state index contributed by atoms with van der Waals surface area (Å²) in [6.07, 6.45) is 59.7. The van der Waals surface area contributed by atoms with Crippen molar-refractivity contribution in [1.82, 2.24) is 5.32 Å². The summed E-state index contributed by atoms with van der Waals surface area (Å²) < 4.78 is 17.6. The van der Waals surface area contributed by atoms with Gasteiger partial charge in [0.1, 0.15) is 24.4 Å². The fraction of sp³-hybridized carbons (Fsp3) is 0.791. The molecule has 0 spiro atoms. The number of esters is 1. The molecule has 78 heavy (non-hydrogen) atoms. The normalized spacial score (nSPS) is 19.4. The molecule has 1 rings (SSSR count). The van der Waals surface area contributed by atoms with Crippen LogP contribution in [0.2, 0.25) is 0 Å². The zero-order valence-corrected chi connectivity index (χ0v) is 50.0. The number of hydrogen-bond acceptors (Lipinski definition) is 10. The van der Waals surface area contributed by atoms with Gasteiger partial charge in [0.25, 0.3) is 0 Å². The lowest BCUT2D eigenvalue weighted by Crippen LogP contribution is -2.61. The number of hydrogen-bond donors (Lipinski definition) is 6. The van der Waals surface area contributed by atoms with Gasteiger partial charge in [-0.05, 0) is 70.6 Å². The van der Waals surface area contributed by atoms with Crippen LogP contribution in [0.3, 0.4) is 0 Å². The number of amides is 1. The fourth-order valence-electron chi connectivity index (χ4n) is 9.83. The first-order valence-electron chi connectivity index (χ1n) is 32.3. The quantitative estimate of drug-likeness (QED) is 0.0149. The first-order chi connectivity index (χ1) is 38.2. The van der Waals surface area contributed by atoms with Crippen molar-refractivity contribution in [1.29, 1.82) is 0 Å². The number of carbonyl (C=O) groups excluding carboxylic acids is 2. The first-order valence-corrected chi connectivity index (χ1v) is 32.3. The van der Waals surface area contributed by atoms with Crippen LogP contribution in [0.25, 0.3) is 0 Å². The van der Waals surface area contributed by atoms with E-state index in [1.807, 2.05) is 48.6 Å². The molecule has 0 aromatic rings. The smallest absolute Gasteiger partial charge is 0.306 e. The molecular formula is C67H119NO10. The molecule has 1 saturated heterocycles. The van der Waals surface area contributed by atoms with Crippen LogP contribution in [0.15, 0.2) is 72.9 Å². The maximum atomic E-state index is 13.4. The number of aliphatic hydroxyl groups excluding tert-OH is 5. The van der Waals surface area contributed by atoms with E-state index in [9.17, 15) is 35.1 Å². The number of rotatable bonds is 54. The van der Waals surface area contributed by atoms with Crippen LogP contribution in [0, 0.1) is 0 Å². The van der Waals surface area contributed by atoms with Gasteiger partial charge in [0, 0.05) is 6.42 Å². The first kappa shape index (κ1) is 73.1. The Morgan fingerprint density at radius 3 is 1.42 bits per heavy atom. The summed E-state index contributed by atoms with van der Waals surface area (Å²) in [4.78, 5) is 26.5. The van der Waals surface area contributed by atoms with Crippen molar-refractivity contribution in [3.8, 4) is 0 Å². The Morgan fingerprint density at radius 2 is 0.936 bits per heavy atom. The summed E-state index contributed by atoms with van der Waals surface area (Å²) in [5.74, 6) is -1.23. The van der Waals surface area contributed by atoms with Crippen molar-refractivity contribution in [2.45, 2.75) is 327 Å². The van der Waals surface area contributed by atoms with Gasteiger partial charge in [0.05, 0.1) is 25.4 Å². The van der Waals surface area contributed by atoms with Gasteiger partial charge in [-0.3, -0.25) is 9.59 Å². The van der Waals surface area contributed by atoms with Crippen molar-refractivity contribution in [3.63, 3.8) is 0 Å². The maximum absolute atomic E-state index is 13.4. The third kappa shape index (κ3) is 42.0. The lowest BCUT2D eigenvalue weighted by Gasteiger charge is -2.41. The van der Waals surface area contributed by atoms with E-state index in [0.29, 0.717) is 12.8 Å². The van der Waals surface area contributed by atoms with Crippen LogP contribution in [-0.4, -0.2) is 99.6 Å². The monoisotopic (exact) mass is 1100 g/mol. The number of carbonyl (C=O) groups is 2. The van der Waals surface area contributed by atoms with E-state index in [4.69, 9.17) is 14.2 Å². The molecule has 0 aromatic carbocycles. The zero-order chi connectivity index (χ0) is 56.8. The van der Waals surface area contributed by atoms with E-state index in [0.717, 1.165) is 64.2 Å². The van der Waals surface area contributed by atoms with Crippen LogP contribution in [0.5, 0.6) is 0 Å². The average molecular weight is 1100 g/mol. The SMILES string of the molecule is CC/C=C/C=C/C=C\C=C/CCCCC(O)C(=O)NC(COC1OC(CO)C(O)C(O)C1OC(=O)CCCCCCCCCCCCCCCCC/C=C/CCCCCCCC)C(O)/C=C/CCCCCCCCCCCC. The molecule has 8 atom stereocenters. The molecule has 0 aliphatic carbocycles. The molecule has 6 N–H and O–H groups in total. The number of aliphatic hydroxyl groups is 5. The molecule has 1 amide bonds. The molecule has 11 nitrogen and oxygen atoms in total. The highest BCUT2D eigenvalue weighted by Crippen LogP contribution is 2.26. The van der Waals surface area contributed by atoms with Gasteiger partial charge >= 0.3 is 5.97 Å². The summed E-state index contributed by atoms with van der Waals surface area (Å²) in [6.45, 7) is 5.62. The number of allylic oxidation sites excluding steroid dienone is 11. The second kappa shape index (κ2) is 54.7. The molecule has 11 heteroatoms. The minimum absolute atomic E-state index is 0.118.